The van der Waals surface area contributed by atoms with Crippen LogP contribution >= 0.6 is 12.4 Å². The number of sulfone groups is 1. The van der Waals surface area contributed by atoms with Gasteiger partial charge in [-0.15, -0.1) is 12.4 Å². The summed E-state index contributed by atoms with van der Waals surface area (Å²) < 4.78 is 22.7. The lowest BCUT2D eigenvalue weighted by molar-refractivity contribution is 0.0770. The van der Waals surface area contributed by atoms with E-state index in [1.165, 1.54) is 0 Å². The van der Waals surface area contributed by atoms with Crippen LogP contribution in [0.4, 0.5) is 5.69 Å². The molecule has 0 radical (unpaired) electrons. The Labute approximate surface area is 124 Å². The maximum atomic E-state index is 12.3. The van der Waals surface area contributed by atoms with Crippen molar-refractivity contribution in [2.45, 2.75) is 6.42 Å². The first-order valence-electron chi connectivity index (χ1n) is 6.42. The largest absolute Gasteiger partial charge is 0.384 e. The molecular weight excluding hydrogens is 300 g/mol. The molecular formula is C13H17ClN2O3S. The topological polar surface area (TPSA) is 66.5 Å². The zero-order chi connectivity index (χ0) is 13.5. The number of anilines is 1. The van der Waals surface area contributed by atoms with Crippen molar-refractivity contribution in [3.05, 3.63) is 29.3 Å². The lowest BCUT2D eigenvalue weighted by Crippen LogP contribution is -2.43. The van der Waals surface area contributed by atoms with Gasteiger partial charge in [-0.3, -0.25) is 4.79 Å². The van der Waals surface area contributed by atoms with Gasteiger partial charge in [-0.2, -0.15) is 0 Å². The molecule has 110 valence electrons. The molecule has 2 aliphatic heterocycles. The predicted octanol–water partition coefficient (Wildman–Crippen LogP) is 0.947. The number of carbonyl (C=O) groups is 1. The van der Waals surface area contributed by atoms with Crippen molar-refractivity contribution >= 4 is 33.8 Å². The van der Waals surface area contributed by atoms with Crippen LogP contribution in [-0.2, 0) is 16.3 Å². The second-order valence-electron chi connectivity index (χ2n) is 4.99. The van der Waals surface area contributed by atoms with Crippen LogP contribution < -0.4 is 5.32 Å². The molecule has 1 aromatic rings. The van der Waals surface area contributed by atoms with Crippen molar-refractivity contribution in [3.63, 3.8) is 0 Å². The average Bonchev–Trinajstić information content (AvgIpc) is 2.85. The third-order valence-corrected chi connectivity index (χ3v) is 5.30. The highest BCUT2D eigenvalue weighted by molar-refractivity contribution is 7.91. The van der Waals surface area contributed by atoms with Gasteiger partial charge in [0.2, 0.25) is 0 Å². The molecule has 20 heavy (non-hydrogen) atoms. The summed E-state index contributed by atoms with van der Waals surface area (Å²) in [6.45, 7) is 1.52. The van der Waals surface area contributed by atoms with Gasteiger partial charge in [0.05, 0.1) is 11.5 Å². The van der Waals surface area contributed by atoms with Crippen LogP contribution in [0.25, 0.3) is 0 Å². The van der Waals surface area contributed by atoms with Crippen molar-refractivity contribution in [1.29, 1.82) is 0 Å². The number of nitrogens with zero attached hydrogens (tertiary/aromatic N) is 1. The number of benzene rings is 1. The zero-order valence-electron chi connectivity index (χ0n) is 11.0. The van der Waals surface area contributed by atoms with E-state index < -0.39 is 9.84 Å². The van der Waals surface area contributed by atoms with E-state index in [-0.39, 0.29) is 29.8 Å². The molecule has 0 bridgehead atoms. The van der Waals surface area contributed by atoms with Crippen LogP contribution in [0.2, 0.25) is 0 Å². The standard InChI is InChI=1S/C13H16N2O3S.ClH/c16-13(15-5-7-19(17,18)8-6-15)11-1-2-12-10(9-11)3-4-14-12;/h1-2,9,14H,3-8H2;1H. The molecule has 1 fully saturated rings. The minimum Gasteiger partial charge on any atom is -0.384 e. The molecule has 0 saturated carbocycles. The smallest absolute Gasteiger partial charge is 0.253 e. The quantitative estimate of drug-likeness (QED) is 0.837. The van der Waals surface area contributed by atoms with Crippen LogP contribution in [0.1, 0.15) is 15.9 Å². The van der Waals surface area contributed by atoms with Crippen LogP contribution in [0.15, 0.2) is 18.2 Å². The predicted molar refractivity (Wildman–Crippen MR) is 80.4 cm³/mol. The summed E-state index contributed by atoms with van der Waals surface area (Å²) in [4.78, 5) is 14.0. The first-order chi connectivity index (χ1) is 9.05. The Hall–Kier alpha value is -1.27. The fourth-order valence-corrected chi connectivity index (χ4v) is 3.74. The normalized spacial score (nSPS) is 19.7. The van der Waals surface area contributed by atoms with Crippen molar-refractivity contribution in [2.75, 3.05) is 36.5 Å². The van der Waals surface area contributed by atoms with E-state index in [1.807, 2.05) is 18.2 Å². The summed E-state index contributed by atoms with van der Waals surface area (Å²) in [6, 6.07) is 5.65. The molecule has 2 aliphatic rings. The van der Waals surface area contributed by atoms with Crippen molar-refractivity contribution in [2.24, 2.45) is 0 Å². The van der Waals surface area contributed by atoms with Gasteiger partial charge in [-0.05, 0) is 30.2 Å². The minimum absolute atomic E-state index is 0. The molecule has 0 atom stereocenters. The Balaban J connectivity index is 0.00000147. The first-order valence-corrected chi connectivity index (χ1v) is 8.24. The molecule has 7 heteroatoms. The highest BCUT2D eigenvalue weighted by atomic mass is 35.5. The molecule has 1 aromatic carbocycles. The summed E-state index contributed by atoms with van der Waals surface area (Å²) >= 11 is 0. The molecule has 0 aliphatic carbocycles. The van der Waals surface area contributed by atoms with Gasteiger partial charge in [0.15, 0.2) is 9.84 Å². The van der Waals surface area contributed by atoms with Gasteiger partial charge < -0.3 is 10.2 Å². The van der Waals surface area contributed by atoms with Gasteiger partial charge in [0, 0.05) is 30.9 Å². The van der Waals surface area contributed by atoms with E-state index in [9.17, 15) is 13.2 Å². The second-order valence-corrected chi connectivity index (χ2v) is 7.30. The SMILES string of the molecule is Cl.O=C(c1ccc2c(c1)CCN2)N1CCS(=O)(=O)CC1. The van der Waals surface area contributed by atoms with Crippen molar-refractivity contribution in [1.82, 2.24) is 4.90 Å². The molecule has 0 unspecified atom stereocenters. The summed E-state index contributed by atoms with van der Waals surface area (Å²) in [5.41, 5.74) is 2.91. The van der Waals surface area contributed by atoms with Crippen molar-refractivity contribution < 1.29 is 13.2 Å². The number of fused-ring (bicyclic) bond motifs is 1. The number of hydrogen-bond acceptors (Lipinski definition) is 4. The third kappa shape index (κ3) is 2.91. The molecule has 1 amide bonds. The van der Waals surface area contributed by atoms with Crippen LogP contribution in [0.5, 0.6) is 0 Å². The monoisotopic (exact) mass is 316 g/mol. The Kier molecular flexibility index (Phi) is 4.25. The maximum Gasteiger partial charge on any atom is 0.253 e. The Morgan fingerprint density at radius 1 is 1.20 bits per heavy atom. The molecule has 0 spiro atoms. The van der Waals surface area contributed by atoms with E-state index in [2.05, 4.69) is 5.32 Å². The number of hydrogen-bond donors (Lipinski definition) is 1. The Morgan fingerprint density at radius 3 is 2.60 bits per heavy atom. The number of rotatable bonds is 1. The average molecular weight is 317 g/mol. The van der Waals surface area contributed by atoms with Gasteiger partial charge in [-0.1, -0.05) is 0 Å². The molecule has 2 heterocycles. The molecule has 1 N–H and O–H groups in total. The number of carbonyl (C=O) groups excluding carboxylic acids is 1. The number of amides is 1. The van der Waals surface area contributed by atoms with E-state index in [0.717, 1.165) is 24.2 Å². The molecule has 0 aromatic heterocycles. The summed E-state index contributed by atoms with van der Waals surface area (Å²) in [5.74, 6) is 0.0841. The lowest BCUT2D eigenvalue weighted by Gasteiger charge is -2.26. The van der Waals surface area contributed by atoms with Gasteiger partial charge in [0.25, 0.3) is 5.91 Å². The highest BCUT2D eigenvalue weighted by Gasteiger charge is 2.26. The zero-order valence-corrected chi connectivity index (χ0v) is 12.6. The van der Waals surface area contributed by atoms with Crippen molar-refractivity contribution in [3.8, 4) is 0 Å². The lowest BCUT2D eigenvalue weighted by atomic mass is 10.1. The van der Waals surface area contributed by atoms with Gasteiger partial charge >= 0.3 is 0 Å². The summed E-state index contributed by atoms with van der Waals surface area (Å²) in [6.07, 6.45) is 0.935. The fourth-order valence-electron chi connectivity index (χ4n) is 2.54. The Morgan fingerprint density at radius 2 is 1.90 bits per heavy atom. The molecule has 3 rings (SSSR count). The fraction of sp³-hybridized carbons (Fsp3) is 0.462. The van der Waals surface area contributed by atoms with E-state index in [0.29, 0.717) is 18.7 Å². The molecule has 5 nitrogen and oxygen atoms in total. The number of halogens is 1. The number of nitrogens with one attached hydrogen (secondary N) is 1. The van der Waals surface area contributed by atoms with Crippen LogP contribution in [0.3, 0.4) is 0 Å². The van der Waals surface area contributed by atoms with Gasteiger partial charge in [-0.25, -0.2) is 8.42 Å². The maximum absolute atomic E-state index is 12.3. The summed E-state index contributed by atoms with van der Waals surface area (Å²) in [7, 11) is -2.94. The highest BCUT2D eigenvalue weighted by Crippen LogP contribution is 2.23. The van der Waals surface area contributed by atoms with E-state index >= 15 is 0 Å². The molecule has 1 saturated heterocycles. The van der Waals surface area contributed by atoms with Crippen LogP contribution in [-0.4, -0.2) is 50.4 Å². The third-order valence-electron chi connectivity index (χ3n) is 3.69. The van der Waals surface area contributed by atoms with Crippen LogP contribution in [0, 0.1) is 0 Å². The van der Waals surface area contributed by atoms with E-state index in [1.54, 1.807) is 4.90 Å². The summed E-state index contributed by atoms with van der Waals surface area (Å²) in [5, 5.41) is 3.25. The van der Waals surface area contributed by atoms with E-state index in [4.69, 9.17) is 0 Å². The minimum atomic E-state index is -2.94. The first kappa shape index (κ1) is 15.1. The second kappa shape index (κ2) is 5.61. The Bertz CT molecular complexity index is 617. The van der Waals surface area contributed by atoms with Gasteiger partial charge in [0.1, 0.15) is 0 Å².